The smallest absolute Gasteiger partial charge is 0.222 e. The quantitative estimate of drug-likeness (QED) is 0.435. The number of nitrogens with zero attached hydrogens (tertiary/aromatic N) is 3. The molecule has 7 heteroatoms. The standard InChI is InChI=1S/C29H32Cl2N4O/c30-25-16-22(34-13-10-20(11-14-34)19-5-2-1-3-6-19)17-26(31)23(25)18-28-24-15-21(8-9-27(24)32-33-28)35-12-4-7-29(35)36/h1-3,5-6,16-17,20-21H,4,7-15,18H2,(H,32,33)/t21-/m0/s1. The number of carbonyl (C=O) groups excluding carboxylic acids is 1. The number of anilines is 1. The number of hydrogen-bond donors (Lipinski definition) is 1. The van der Waals surface area contributed by atoms with Crippen LogP contribution < -0.4 is 4.90 Å². The first-order valence-electron chi connectivity index (χ1n) is 13.2. The molecule has 0 bridgehead atoms. The van der Waals surface area contributed by atoms with Gasteiger partial charge in [-0.2, -0.15) is 5.10 Å². The van der Waals surface area contributed by atoms with E-state index in [0.29, 0.717) is 34.7 Å². The van der Waals surface area contributed by atoms with Crippen LogP contribution in [0.3, 0.4) is 0 Å². The number of fused-ring (bicyclic) bond motifs is 1. The molecule has 5 nitrogen and oxygen atoms in total. The van der Waals surface area contributed by atoms with Gasteiger partial charge in [-0.05, 0) is 73.3 Å². The Hall–Kier alpha value is -2.50. The lowest BCUT2D eigenvalue weighted by Crippen LogP contribution is -2.40. The second-order valence-corrected chi connectivity index (χ2v) is 11.3. The number of nitrogens with one attached hydrogen (secondary N) is 1. The molecule has 0 unspecified atom stereocenters. The Morgan fingerprint density at radius 3 is 2.42 bits per heavy atom. The molecule has 6 rings (SSSR count). The molecule has 0 saturated carbocycles. The number of rotatable bonds is 5. The van der Waals surface area contributed by atoms with Crippen LogP contribution >= 0.6 is 23.2 Å². The molecule has 2 aromatic carbocycles. The maximum Gasteiger partial charge on any atom is 0.222 e. The van der Waals surface area contributed by atoms with E-state index in [4.69, 9.17) is 23.2 Å². The van der Waals surface area contributed by atoms with Crippen LogP contribution in [0.2, 0.25) is 10.0 Å². The van der Waals surface area contributed by atoms with Gasteiger partial charge in [0.1, 0.15) is 0 Å². The van der Waals surface area contributed by atoms with Crippen molar-refractivity contribution in [3.8, 4) is 0 Å². The zero-order chi connectivity index (χ0) is 24.6. The largest absolute Gasteiger partial charge is 0.371 e. The highest BCUT2D eigenvalue weighted by molar-refractivity contribution is 6.36. The summed E-state index contributed by atoms with van der Waals surface area (Å²) in [4.78, 5) is 16.8. The maximum atomic E-state index is 12.3. The number of carbonyl (C=O) groups is 1. The molecular weight excluding hydrogens is 491 g/mol. The Kier molecular flexibility index (Phi) is 6.70. The van der Waals surface area contributed by atoms with Crippen LogP contribution in [0, 0.1) is 0 Å². The molecule has 3 aliphatic rings. The fraction of sp³-hybridized carbons (Fsp3) is 0.448. The first-order valence-corrected chi connectivity index (χ1v) is 13.9. The van der Waals surface area contributed by atoms with Gasteiger partial charge in [0.15, 0.2) is 0 Å². The number of halogens is 2. The third-order valence-electron chi connectivity index (χ3n) is 8.35. The van der Waals surface area contributed by atoms with Gasteiger partial charge in [-0.1, -0.05) is 53.5 Å². The Balaban J connectivity index is 1.16. The minimum Gasteiger partial charge on any atom is -0.371 e. The van der Waals surface area contributed by atoms with Crippen molar-refractivity contribution in [2.75, 3.05) is 24.5 Å². The van der Waals surface area contributed by atoms with Gasteiger partial charge in [-0.15, -0.1) is 0 Å². The van der Waals surface area contributed by atoms with Crippen molar-refractivity contribution in [3.63, 3.8) is 0 Å². The third-order valence-corrected chi connectivity index (χ3v) is 9.03. The Bertz CT molecular complexity index is 1230. The molecule has 1 amide bonds. The molecule has 0 radical (unpaired) electrons. The molecule has 0 spiro atoms. The molecule has 1 atom stereocenters. The summed E-state index contributed by atoms with van der Waals surface area (Å²) in [5, 5.41) is 9.26. The lowest BCUT2D eigenvalue weighted by atomic mass is 9.89. The van der Waals surface area contributed by atoms with Gasteiger partial charge < -0.3 is 9.80 Å². The van der Waals surface area contributed by atoms with Gasteiger partial charge in [-0.3, -0.25) is 9.89 Å². The topological polar surface area (TPSA) is 52.2 Å². The van der Waals surface area contributed by atoms with Crippen molar-refractivity contribution in [2.24, 2.45) is 0 Å². The van der Waals surface area contributed by atoms with Crippen LogP contribution in [0.15, 0.2) is 42.5 Å². The van der Waals surface area contributed by atoms with Crippen LogP contribution in [0.1, 0.15) is 66.1 Å². The monoisotopic (exact) mass is 522 g/mol. The molecule has 2 saturated heterocycles. The van der Waals surface area contributed by atoms with E-state index in [1.54, 1.807) is 0 Å². The molecule has 1 N–H and O–H groups in total. The highest BCUT2D eigenvalue weighted by Crippen LogP contribution is 2.37. The summed E-state index contributed by atoms with van der Waals surface area (Å²) >= 11 is 13.7. The lowest BCUT2D eigenvalue weighted by molar-refractivity contribution is -0.129. The van der Waals surface area contributed by atoms with E-state index in [1.807, 2.05) is 0 Å². The van der Waals surface area contributed by atoms with E-state index in [1.165, 1.54) is 11.1 Å². The lowest BCUT2D eigenvalue weighted by Gasteiger charge is -2.34. The third kappa shape index (κ3) is 4.64. The Morgan fingerprint density at radius 1 is 0.972 bits per heavy atom. The minimum absolute atomic E-state index is 0.274. The highest BCUT2D eigenvalue weighted by atomic mass is 35.5. The van der Waals surface area contributed by atoms with Gasteiger partial charge in [0, 0.05) is 59.9 Å². The maximum absolute atomic E-state index is 12.3. The molecular formula is C29H32Cl2N4O. The van der Waals surface area contributed by atoms with E-state index in [-0.39, 0.29) is 6.04 Å². The minimum atomic E-state index is 0.274. The summed E-state index contributed by atoms with van der Waals surface area (Å²) in [6.45, 7) is 2.88. The molecule has 2 fully saturated rings. The molecule has 1 aliphatic carbocycles. The molecule has 1 aromatic heterocycles. The average Bonchev–Trinajstić information content (AvgIpc) is 3.52. The second kappa shape index (κ2) is 10.1. The van der Waals surface area contributed by atoms with Gasteiger partial charge in [0.2, 0.25) is 5.91 Å². The number of likely N-dealkylation sites (tertiary alicyclic amines) is 1. The number of hydrogen-bond acceptors (Lipinski definition) is 3. The first-order chi connectivity index (χ1) is 17.6. The number of aryl methyl sites for hydroxylation is 1. The van der Waals surface area contributed by atoms with Crippen LogP contribution in [0.5, 0.6) is 0 Å². The van der Waals surface area contributed by atoms with E-state index in [0.717, 1.165) is 80.8 Å². The van der Waals surface area contributed by atoms with Gasteiger partial charge in [0.25, 0.3) is 0 Å². The summed E-state index contributed by atoms with van der Waals surface area (Å²) < 4.78 is 0. The van der Waals surface area contributed by atoms with E-state index < -0.39 is 0 Å². The summed E-state index contributed by atoms with van der Waals surface area (Å²) in [5.41, 5.74) is 6.90. The molecule has 3 aromatic rings. The second-order valence-electron chi connectivity index (χ2n) is 10.5. The van der Waals surface area contributed by atoms with E-state index >= 15 is 0 Å². The summed E-state index contributed by atoms with van der Waals surface area (Å²) in [7, 11) is 0. The predicted octanol–water partition coefficient (Wildman–Crippen LogP) is 6.17. The SMILES string of the molecule is O=C1CCCN1[C@H]1CCc2n[nH]c(Cc3c(Cl)cc(N4CCC(c5ccccc5)CC4)cc3Cl)c2C1. The fourth-order valence-electron chi connectivity index (χ4n) is 6.31. The number of aromatic amines is 1. The van der Waals surface area contributed by atoms with Gasteiger partial charge in [0.05, 0.1) is 5.69 Å². The van der Waals surface area contributed by atoms with Gasteiger partial charge in [-0.25, -0.2) is 0 Å². The fourth-order valence-corrected chi connectivity index (χ4v) is 6.92. The Labute approximate surface area is 222 Å². The molecule has 2 aliphatic heterocycles. The van der Waals surface area contributed by atoms with Crippen molar-refractivity contribution in [2.45, 2.75) is 63.3 Å². The number of aromatic nitrogens is 2. The number of benzene rings is 2. The number of amides is 1. The van der Waals surface area contributed by atoms with Crippen molar-refractivity contribution in [1.82, 2.24) is 15.1 Å². The molecule has 3 heterocycles. The molecule has 36 heavy (non-hydrogen) atoms. The van der Waals surface area contributed by atoms with Crippen LogP contribution in [-0.2, 0) is 24.1 Å². The predicted molar refractivity (Wildman–Crippen MR) is 145 cm³/mol. The van der Waals surface area contributed by atoms with Crippen molar-refractivity contribution in [3.05, 3.63) is 80.6 Å². The molecule has 188 valence electrons. The zero-order valence-corrected chi connectivity index (χ0v) is 22.0. The highest BCUT2D eigenvalue weighted by Gasteiger charge is 2.33. The Morgan fingerprint density at radius 2 is 1.72 bits per heavy atom. The van der Waals surface area contributed by atoms with Crippen LogP contribution in [0.25, 0.3) is 0 Å². The first kappa shape index (κ1) is 23.9. The normalized spacial score (nSPS) is 20.7. The summed E-state index contributed by atoms with van der Waals surface area (Å²) in [5.74, 6) is 0.905. The number of piperidine rings is 1. The van der Waals surface area contributed by atoms with Crippen molar-refractivity contribution >= 4 is 34.8 Å². The van der Waals surface area contributed by atoms with Crippen molar-refractivity contribution < 1.29 is 4.79 Å². The zero-order valence-electron chi connectivity index (χ0n) is 20.5. The van der Waals surface area contributed by atoms with Crippen LogP contribution in [-0.4, -0.2) is 46.7 Å². The summed E-state index contributed by atoms with van der Waals surface area (Å²) in [6, 6.07) is 15.2. The average molecular weight is 524 g/mol. The van der Waals surface area contributed by atoms with E-state index in [9.17, 15) is 4.79 Å². The van der Waals surface area contributed by atoms with Crippen molar-refractivity contribution in [1.29, 1.82) is 0 Å². The van der Waals surface area contributed by atoms with Gasteiger partial charge >= 0.3 is 0 Å². The van der Waals surface area contributed by atoms with Crippen LogP contribution in [0.4, 0.5) is 5.69 Å². The van der Waals surface area contributed by atoms with E-state index in [2.05, 4.69) is 62.5 Å². The number of H-pyrrole nitrogens is 1. The summed E-state index contributed by atoms with van der Waals surface area (Å²) in [6.07, 6.45) is 7.28.